The van der Waals surface area contributed by atoms with E-state index in [4.69, 9.17) is 0 Å². The molecule has 0 atom stereocenters. The van der Waals surface area contributed by atoms with Crippen LogP contribution in [0.3, 0.4) is 0 Å². The summed E-state index contributed by atoms with van der Waals surface area (Å²) in [6, 6.07) is 8.49. The van der Waals surface area contributed by atoms with Gasteiger partial charge in [-0.25, -0.2) is 0 Å². The van der Waals surface area contributed by atoms with Crippen molar-refractivity contribution in [2.45, 2.75) is 27.2 Å². The van der Waals surface area contributed by atoms with Gasteiger partial charge in [-0.15, -0.1) is 0 Å². The Labute approximate surface area is 84.8 Å². The lowest BCUT2D eigenvalue weighted by molar-refractivity contribution is 0.998. The van der Waals surface area contributed by atoms with Crippen LogP contribution in [0.15, 0.2) is 24.3 Å². The van der Waals surface area contributed by atoms with Crippen molar-refractivity contribution in [3.8, 4) is 0 Å². The highest BCUT2D eigenvalue weighted by atomic mass is 14.7. The van der Waals surface area contributed by atoms with E-state index in [1.807, 2.05) is 0 Å². The lowest BCUT2D eigenvalue weighted by Crippen LogP contribution is -1.96. The quantitative estimate of drug-likeness (QED) is 0.663. The molecule has 0 unspecified atom stereocenters. The Morgan fingerprint density at radius 1 is 1.07 bits per heavy atom. The fourth-order valence-corrected chi connectivity index (χ4v) is 1.97. The molecule has 0 N–H and O–H groups in total. The van der Waals surface area contributed by atoms with E-state index in [2.05, 4.69) is 50.0 Å². The van der Waals surface area contributed by atoms with Crippen LogP contribution in [0.25, 0.3) is 10.8 Å². The molecule has 0 aliphatic heterocycles. The molecule has 1 aromatic heterocycles. The zero-order valence-electron chi connectivity index (χ0n) is 8.96. The van der Waals surface area contributed by atoms with Gasteiger partial charge in [0, 0.05) is 16.8 Å². The molecular weight excluding hydrogens is 170 g/mol. The number of fused-ring (bicyclic) bond motifs is 1. The predicted octanol–water partition coefficient (Wildman–Crippen LogP) is 3.41. The van der Waals surface area contributed by atoms with E-state index in [9.17, 15) is 0 Å². The van der Waals surface area contributed by atoms with Crippen LogP contribution in [0, 0.1) is 13.8 Å². The van der Waals surface area contributed by atoms with Crippen LogP contribution in [0.5, 0.6) is 0 Å². The van der Waals surface area contributed by atoms with Gasteiger partial charge in [-0.3, -0.25) is 4.98 Å². The maximum absolute atomic E-state index is 4.62. The van der Waals surface area contributed by atoms with Gasteiger partial charge in [-0.1, -0.05) is 31.2 Å². The Morgan fingerprint density at radius 3 is 2.36 bits per heavy atom. The van der Waals surface area contributed by atoms with Crippen LogP contribution in [-0.4, -0.2) is 4.98 Å². The topological polar surface area (TPSA) is 12.9 Å². The molecule has 0 saturated heterocycles. The first-order chi connectivity index (χ1) is 6.74. The molecule has 0 amide bonds. The number of aromatic nitrogens is 1. The van der Waals surface area contributed by atoms with Crippen LogP contribution in [-0.2, 0) is 6.42 Å². The standard InChI is InChI=1S/C13H15N/c1-4-13-9(2)11-7-5-6-8-12(11)10(3)14-13/h5-8H,4H2,1-3H3. The van der Waals surface area contributed by atoms with Gasteiger partial charge in [0.15, 0.2) is 0 Å². The number of hydrogen-bond acceptors (Lipinski definition) is 1. The number of aryl methyl sites for hydroxylation is 3. The van der Waals surface area contributed by atoms with Crippen LogP contribution < -0.4 is 0 Å². The van der Waals surface area contributed by atoms with E-state index in [0.717, 1.165) is 12.1 Å². The summed E-state index contributed by atoms with van der Waals surface area (Å²) in [5, 5.41) is 2.62. The minimum atomic E-state index is 1.01. The highest BCUT2D eigenvalue weighted by Gasteiger charge is 2.05. The maximum atomic E-state index is 4.62. The molecule has 2 aromatic rings. The SMILES string of the molecule is CCc1nc(C)c2ccccc2c1C. The average molecular weight is 185 g/mol. The molecule has 0 radical (unpaired) electrons. The minimum absolute atomic E-state index is 1.01. The molecule has 0 fully saturated rings. The van der Waals surface area contributed by atoms with Gasteiger partial charge < -0.3 is 0 Å². The smallest absolute Gasteiger partial charge is 0.0454 e. The van der Waals surface area contributed by atoms with Crippen molar-refractivity contribution in [1.82, 2.24) is 4.98 Å². The Hall–Kier alpha value is -1.37. The lowest BCUT2D eigenvalue weighted by atomic mass is 10.0. The first-order valence-electron chi connectivity index (χ1n) is 5.09. The van der Waals surface area contributed by atoms with Gasteiger partial charge in [0.25, 0.3) is 0 Å². The molecule has 0 saturated carbocycles. The third-order valence-electron chi connectivity index (χ3n) is 2.79. The highest BCUT2D eigenvalue weighted by molar-refractivity contribution is 5.87. The van der Waals surface area contributed by atoms with Crippen molar-refractivity contribution in [2.75, 3.05) is 0 Å². The fraction of sp³-hybridized carbons (Fsp3) is 0.308. The van der Waals surface area contributed by atoms with Crippen molar-refractivity contribution >= 4 is 10.8 Å². The van der Waals surface area contributed by atoms with Crippen molar-refractivity contribution in [2.24, 2.45) is 0 Å². The van der Waals surface area contributed by atoms with Crippen molar-refractivity contribution in [1.29, 1.82) is 0 Å². The summed E-state index contributed by atoms with van der Waals surface area (Å²) >= 11 is 0. The monoisotopic (exact) mass is 185 g/mol. The molecule has 0 aliphatic carbocycles. The second-order valence-electron chi connectivity index (χ2n) is 3.67. The molecular formula is C13H15N. The van der Waals surface area contributed by atoms with E-state index in [1.54, 1.807) is 0 Å². The molecule has 0 bridgehead atoms. The first-order valence-corrected chi connectivity index (χ1v) is 5.09. The summed E-state index contributed by atoms with van der Waals surface area (Å²) < 4.78 is 0. The number of pyridine rings is 1. The second kappa shape index (κ2) is 3.41. The van der Waals surface area contributed by atoms with Gasteiger partial charge in [0.1, 0.15) is 0 Å². The van der Waals surface area contributed by atoms with Gasteiger partial charge in [-0.2, -0.15) is 0 Å². The summed E-state index contributed by atoms with van der Waals surface area (Å²) in [6.45, 7) is 6.40. The number of rotatable bonds is 1. The van der Waals surface area contributed by atoms with E-state index >= 15 is 0 Å². The number of hydrogen-bond donors (Lipinski definition) is 0. The Morgan fingerprint density at radius 2 is 1.71 bits per heavy atom. The molecule has 0 aliphatic rings. The molecule has 72 valence electrons. The molecule has 1 heteroatoms. The van der Waals surface area contributed by atoms with Crippen LogP contribution in [0.1, 0.15) is 23.9 Å². The molecule has 14 heavy (non-hydrogen) atoms. The Kier molecular flexibility index (Phi) is 2.24. The molecule has 0 spiro atoms. The summed E-state index contributed by atoms with van der Waals surface area (Å²) in [5.41, 5.74) is 3.69. The third kappa shape index (κ3) is 1.29. The summed E-state index contributed by atoms with van der Waals surface area (Å²) in [7, 11) is 0. The van der Waals surface area contributed by atoms with Gasteiger partial charge in [0.05, 0.1) is 0 Å². The van der Waals surface area contributed by atoms with Crippen molar-refractivity contribution in [3.05, 3.63) is 41.2 Å². The lowest BCUT2D eigenvalue weighted by Gasteiger charge is -2.09. The van der Waals surface area contributed by atoms with E-state index < -0.39 is 0 Å². The normalized spacial score (nSPS) is 10.8. The van der Waals surface area contributed by atoms with E-state index in [1.165, 1.54) is 22.0 Å². The van der Waals surface area contributed by atoms with Gasteiger partial charge in [-0.05, 0) is 31.2 Å². The van der Waals surface area contributed by atoms with Crippen molar-refractivity contribution in [3.63, 3.8) is 0 Å². The predicted molar refractivity (Wildman–Crippen MR) is 60.6 cm³/mol. The van der Waals surface area contributed by atoms with E-state index in [-0.39, 0.29) is 0 Å². The molecule has 2 rings (SSSR count). The zero-order chi connectivity index (χ0) is 10.1. The summed E-state index contributed by atoms with van der Waals surface area (Å²) in [6.07, 6.45) is 1.01. The second-order valence-corrected chi connectivity index (χ2v) is 3.67. The first kappa shape index (κ1) is 9.20. The van der Waals surface area contributed by atoms with Crippen LogP contribution >= 0.6 is 0 Å². The fourth-order valence-electron chi connectivity index (χ4n) is 1.97. The largest absolute Gasteiger partial charge is 0.257 e. The average Bonchev–Trinajstić information content (AvgIpc) is 2.23. The van der Waals surface area contributed by atoms with Crippen LogP contribution in [0.2, 0.25) is 0 Å². The molecule has 1 aromatic carbocycles. The molecule has 1 nitrogen and oxygen atoms in total. The minimum Gasteiger partial charge on any atom is -0.257 e. The number of nitrogens with zero attached hydrogens (tertiary/aromatic N) is 1. The molecule has 1 heterocycles. The summed E-state index contributed by atoms with van der Waals surface area (Å²) in [4.78, 5) is 4.62. The third-order valence-corrected chi connectivity index (χ3v) is 2.79. The van der Waals surface area contributed by atoms with Gasteiger partial charge in [0.2, 0.25) is 0 Å². The maximum Gasteiger partial charge on any atom is 0.0454 e. The van der Waals surface area contributed by atoms with Gasteiger partial charge >= 0.3 is 0 Å². The number of benzene rings is 1. The Bertz CT molecular complexity index is 472. The van der Waals surface area contributed by atoms with E-state index in [0.29, 0.717) is 0 Å². The Balaban J connectivity index is 2.87. The zero-order valence-corrected chi connectivity index (χ0v) is 8.96. The summed E-state index contributed by atoms with van der Waals surface area (Å²) in [5.74, 6) is 0. The highest BCUT2D eigenvalue weighted by Crippen LogP contribution is 2.22. The van der Waals surface area contributed by atoms with Crippen molar-refractivity contribution < 1.29 is 0 Å². The van der Waals surface area contributed by atoms with Crippen LogP contribution in [0.4, 0.5) is 0 Å².